The quantitative estimate of drug-likeness (QED) is 0.927. The van der Waals surface area contributed by atoms with E-state index in [0.29, 0.717) is 10.6 Å². The number of rotatable bonds is 3. The van der Waals surface area contributed by atoms with Crippen LogP contribution in [0.5, 0.6) is 0 Å². The Labute approximate surface area is 108 Å². The number of aliphatic hydroxyl groups is 1. The molecule has 0 bridgehead atoms. The zero-order chi connectivity index (χ0) is 13.1. The topological polar surface area (TPSA) is 33.1 Å². The average Bonchev–Trinajstić information content (AvgIpc) is 2.33. The molecule has 1 unspecified atom stereocenters. The normalized spacial score (nSPS) is 12.4. The molecule has 2 nitrogen and oxygen atoms in total. The van der Waals surface area contributed by atoms with Crippen molar-refractivity contribution in [2.45, 2.75) is 12.5 Å². The van der Waals surface area contributed by atoms with Crippen molar-refractivity contribution in [1.29, 1.82) is 0 Å². The summed E-state index contributed by atoms with van der Waals surface area (Å²) in [6.45, 7) is 0. The van der Waals surface area contributed by atoms with Gasteiger partial charge in [0.1, 0.15) is 11.6 Å². The molecule has 0 saturated heterocycles. The van der Waals surface area contributed by atoms with Gasteiger partial charge in [0.15, 0.2) is 0 Å². The summed E-state index contributed by atoms with van der Waals surface area (Å²) in [5, 5.41) is 10.3. The standard InChI is InChI=1S/C13H10ClF2NO/c14-11-7-17-4-3-10(11)13(18)5-8-1-2-9(15)6-12(8)16/h1-4,6-7,13,18H,5H2. The number of nitrogens with zero attached hydrogens (tertiary/aromatic N) is 1. The van der Waals surface area contributed by atoms with Crippen LogP contribution in [-0.4, -0.2) is 10.1 Å². The van der Waals surface area contributed by atoms with Crippen LogP contribution >= 0.6 is 11.6 Å². The molecule has 1 aromatic heterocycles. The predicted molar refractivity (Wildman–Crippen MR) is 64.3 cm³/mol. The highest BCUT2D eigenvalue weighted by Crippen LogP contribution is 2.25. The van der Waals surface area contributed by atoms with Crippen LogP contribution < -0.4 is 0 Å². The second-order valence-electron chi connectivity index (χ2n) is 3.85. The third-order valence-electron chi connectivity index (χ3n) is 2.59. The maximum absolute atomic E-state index is 13.4. The first-order valence-electron chi connectivity index (χ1n) is 5.29. The predicted octanol–water partition coefficient (Wildman–Crippen LogP) is 3.29. The average molecular weight is 270 g/mol. The first-order valence-corrected chi connectivity index (χ1v) is 5.67. The van der Waals surface area contributed by atoms with Gasteiger partial charge in [-0.3, -0.25) is 4.98 Å². The highest BCUT2D eigenvalue weighted by molar-refractivity contribution is 6.31. The minimum absolute atomic E-state index is 0.0237. The van der Waals surface area contributed by atoms with Crippen molar-refractivity contribution in [3.05, 3.63) is 64.4 Å². The van der Waals surface area contributed by atoms with Crippen molar-refractivity contribution in [3.63, 3.8) is 0 Å². The van der Waals surface area contributed by atoms with Crippen molar-refractivity contribution < 1.29 is 13.9 Å². The van der Waals surface area contributed by atoms with Crippen molar-refractivity contribution in [2.75, 3.05) is 0 Å². The molecular weight excluding hydrogens is 260 g/mol. The second-order valence-corrected chi connectivity index (χ2v) is 4.26. The van der Waals surface area contributed by atoms with Crippen LogP contribution in [0.2, 0.25) is 5.02 Å². The van der Waals surface area contributed by atoms with Gasteiger partial charge < -0.3 is 5.11 Å². The van der Waals surface area contributed by atoms with Gasteiger partial charge in [-0.15, -0.1) is 0 Å². The molecule has 0 saturated carbocycles. The molecule has 0 radical (unpaired) electrons. The van der Waals surface area contributed by atoms with Crippen LogP contribution in [0.15, 0.2) is 36.7 Å². The van der Waals surface area contributed by atoms with E-state index < -0.39 is 17.7 Å². The highest BCUT2D eigenvalue weighted by Gasteiger charge is 2.14. The number of aromatic nitrogens is 1. The lowest BCUT2D eigenvalue weighted by Gasteiger charge is -2.12. The lowest BCUT2D eigenvalue weighted by atomic mass is 10.0. The van der Waals surface area contributed by atoms with Gasteiger partial charge in [-0.25, -0.2) is 8.78 Å². The van der Waals surface area contributed by atoms with Crippen LogP contribution in [0.1, 0.15) is 17.2 Å². The number of aliphatic hydroxyl groups excluding tert-OH is 1. The summed E-state index contributed by atoms with van der Waals surface area (Å²) in [7, 11) is 0. The first-order chi connectivity index (χ1) is 8.58. The molecule has 5 heteroatoms. The van der Waals surface area contributed by atoms with Crippen LogP contribution in [0.25, 0.3) is 0 Å². The van der Waals surface area contributed by atoms with Gasteiger partial charge >= 0.3 is 0 Å². The van der Waals surface area contributed by atoms with Gasteiger partial charge in [0.05, 0.1) is 11.1 Å². The molecule has 0 fully saturated rings. The molecule has 1 aromatic carbocycles. The molecule has 0 spiro atoms. The van der Waals surface area contributed by atoms with Crippen LogP contribution in [0.3, 0.4) is 0 Å². The van der Waals surface area contributed by atoms with E-state index in [4.69, 9.17) is 11.6 Å². The molecule has 0 aliphatic carbocycles. The molecule has 18 heavy (non-hydrogen) atoms. The summed E-state index contributed by atoms with van der Waals surface area (Å²) in [5.74, 6) is -1.33. The Kier molecular flexibility index (Phi) is 3.89. The van der Waals surface area contributed by atoms with Gasteiger partial charge in [-0.2, -0.15) is 0 Å². The number of halogens is 3. The summed E-state index contributed by atoms with van der Waals surface area (Å²) in [4.78, 5) is 3.80. The minimum Gasteiger partial charge on any atom is -0.388 e. The van der Waals surface area contributed by atoms with Crippen molar-refractivity contribution in [2.24, 2.45) is 0 Å². The Morgan fingerprint density at radius 1 is 1.28 bits per heavy atom. The monoisotopic (exact) mass is 269 g/mol. The van der Waals surface area contributed by atoms with E-state index in [1.54, 1.807) is 6.07 Å². The lowest BCUT2D eigenvalue weighted by molar-refractivity contribution is 0.177. The zero-order valence-electron chi connectivity index (χ0n) is 9.28. The van der Waals surface area contributed by atoms with Gasteiger partial charge in [0.2, 0.25) is 0 Å². The Balaban J connectivity index is 2.21. The molecule has 1 N–H and O–H groups in total. The van der Waals surface area contributed by atoms with Crippen LogP contribution in [-0.2, 0) is 6.42 Å². The third kappa shape index (κ3) is 2.83. The smallest absolute Gasteiger partial charge is 0.129 e. The third-order valence-corrected chi connectivity index (χ3v) is 2.91. The summed E-state index contributed by atoms with van der Waals surface area (Å²) >= 11 is 5.87. The summed E-state index contributed by atoms with van der Waals surface area (Å²) in [6, 6.07) is 4.81. The van der Waals surface area contributed by atoms with E-state index in [1.807, 2.05) is 0 Å². The molecule has 2 aromatic rings. The fourth-order valence-corrected chi connectivity index (χ4v) is 1.91. The van der Waals surface area contributed by atoms with E-state index in [9.17, 15) is 13.9 Å². The molecule has 1 atom stereocenters. The van der Waals surface area contributed by atoms with E-state index in [-0.39, 0.29) is 12.0 Å². The maximum atomic E-state index is 13.4. The van der Waals surface area contributed by atoms with Gasteiger partial charge in [-0.05, 0) is 17.7 Å². The molecule has 2 rings (SSSR count). The summed E-state index contributed by atoms with van der Waals surface area (Å²) in [5.41, 5.74) is 0.701. The Bertz CT molecular complexity index is 562. The van der Waals surface area contributed by atoms with Gasteiger partial charge in [-0.1, -0.05) is 17.7 Å². The van der Waals surface area contributed by atoms with E-state index in [1.165, 1.54) is 18.5 Å². The maximum Gasteiger partial charge on any atom is 0.129 e. The fourth-order valence-electron chi connectivity index (χ4n) is 1.66. The molecule has 0 amide bonds. The number of hydrogen-bond donors (Lipinski definition) is 1. The molecule has 94 valence electrons. The minimum atomic E-state index is -0.958. The van der Waals surface area contributed by atoms with Crippen LogP contribution in [0.4, 0.5) is 8.78 Å². The van der Waals surface area contributed by atoms with Crippen molar-refractivity contribution in [1.82, 2.24) is 4.98 Å². The number of benzene rings is 1. The molecular formula is C13H10ClF2NO. The molecule has 1 heterocycles. The van der Waals surface area contributed by atoms with Crippen LogP contribution in [0, 0.1) is 11.6 Å². The highest BCUT2D eigenvalue weighted by atomic mass is 35.5. The Hall–Kier alpha value is -1.52. The molecule has 0 aliphatic rings. The zero-order valence-corrected chi connectivity index (χ0v) is 10.0. The van der Waals surface area contributed by atoms with Gasteiger partial charge in [0.25, 0.3) is 0 Å². The first kappa shape index (κ1) is 12.9. The van der Waals surface area contributed by atoms with Crippen molar-refractivity contribution in [3.8, 4) is 0 Å². The Morgan fingerprint density at radius 3 is 2.72 bits per heavy atom. The van der Waals surface area contributed by atoms with Gasteiger partial charge in [0, 0.05) is 30.4 Å². The number of pyridine rings is 1. The lowest BCUT2D eigenvalue weighted by Crippen LogP contribution is -2.04. The van der Waals surface area contributed by atoms with E-state index >= 15 is 0 Å². The van der Waals surface area contributed by atoms with Crippen molar-refractivity contribution >= 4 is 11.6 Å². The summed E-state index contributed by atoms with van der Waals surface area (Å²) in [6.07, 6.45) is 1.96. The Morgan fingerprint density at radius 2 is 2.06 bits per heavy atom. The SMILES string of the molecule is OC(Cc1ccc(F)cc1F)c1ccncc1Cl. The van der Waals surface area contributed by atoms with E-state index in [2.05, 4.69) is 4.98 Å². The van der Waals surface area contributed by atoms with E-state index in [0.717, 1.165) is 12.1 Å². The summed E-state index contributed by atoms with van der Waals surface area (Å²) < 4.78 is 26.2. The number of hydrogen-bond acceptors (Lipinski definition) is 2. The fraction of sp³-hybridized carbons (Fsp3) is 0.154. The largest absolute Gasteiger partial charge is 0.388 e. The second kappa shape index (κ2) is 5.42. The molecule has 0 aliphatic heterocycles.